The molecule has 2 amide bonds. The highest BCUT2D eigenvalue weighted by atomic mass is 16.2. The van der Waals surface area contributed by atoms with Crippen LogP contribution in [0.15, 0.2) is 36.5 Å². The van der Waals surface area contributed by atoms with E-state index in [-0.39, 0.29) is 24.4 Å². The predicted octanol–water partition coefficient (Wildman–Crippen LogP) is 2.50. The molecule has 2 aromatic rings. The van der Waals surface area contributed by atoms with Crippen molar-refractivity contribution in [3.63, 3.8) is 0 Å². The van der Waals surface area contributed by atoms with Gasteiger partial charge in [-0.1, -0.05) is 25.1 Å². The van der Waals surface area contributed by atoms with Crippen LogP contribution in [0.4, 0.5) is 5.69 Å². The highest BCUT2D eigenvalue weighted by Crippen LogP contribution is 2.24. The minimum Gasteiger partial charge on any atom is -0.352 e. The highest BCUT2D eigenvalue weighted by Gasteiger charge is 2.19. The molecule has 0 saturated carbocycles. The number of amides is 2. The summed E-state index contributed by atoms with van der Waals surface area (Å²) in [5, 5.41) is 3.82. The second-order valence-electron chi connectivity index (χ2n) is 5.33. The maximum absolute atomic E-state index is 12.1. The fourth-order valence-electron chi connectivity index (χ4n) is 2.24. The average Bonchev–Trinajstić information content (AvgIpc) is 2.51. The molecule has 5 heteroatoms. The van der Waals surface area contributed by atoms with Gasteiger partial charge >= 0.3 is 0 Å². The molecule has 0 radical (unpaired) electrons. The first kappa shape index (κ1) is 15.9. The van der Waals surface area contributed by atoms with E-state index >= 15 is 0 Å². The molecule has 5 nitrogen and oxygen atoms in total. The van der Waals surface area contributed by atoms with Crippen molar-refractivity contribution in [2.75, 3.05) is 11.4 Å². The molecule has 1 aromatic heterocycles. The number of pyridine rings is 1. The van der Waals surface area contributed by atoms with Crippen molar-refractivity contribution in [2.24, 2.45) is 0 Å². The summed E-state index contributed by atoms with van der Waals surface area (Å²) in [6.45, 7) is 5.39. The number of para-hydroxylation sites is 1. The third-order valence-corrected chi connectivity index (χ3v) is 3.60. The number of carbonyl (C=O) groups excluding carboxylic acids is 2. The van der Waals surface area contributed by atoms with E-state index in [4.69, 9.17) is 0 Å². The van der Waals surface area contributed by atoms with Crippen LogP contribution in [0.5, 0.6) is 0 Å². The lowest BCUT2D eigenvalue weighted by molar-refractivity contribution is -0.123. The van der Waals surface area contributed by atoms with E-state index in [9.17, 15) is 9.59 Å². The number of hydrogen-bond donors (Lipinski definition) is 1. The van der Waals surface area contributed by atoms with E-state index in [2.05, 4.69) is 10.3 Å². The Labute approximate surface area is 130 Å². The summed E-state index contributed by atoms with van der Waals surface area (Å²) in [4.78, 5) is 29.9. The summed E-state index contributed by atoms with van der Waals surface area (Å²) < 4.78 is 0. The van der Waals surface area contributed by atoms with Gasteiger partial charge in [0.1, 0.15) is 6.54 Å². The van der Waals surface area contributed by atoms with Crippen molar-refractivity contribution in [3.8, 4) is 0 Å². The quantitative estimate of drug-likeness (QED) is 0.922. The maximum atomic E-state index is 12.1. The average molecular weight is 299 g/mol. The third-order valence-electron chi connectivity index (χ3n) is 3.60. The molecule has 22 heavy (non-hydrogen) atoms. The zero-order valence-electron chi connectivity index (χ0n) is 13.2. The molecule has 0 spiro atoms. The van der Waals surface area contributed by atoms with Gasteiger partial charge in [-0.2, -0.15) is 0 Å². The van der Waals surface area contributed by atoms with E-state index < -0.39 is 0 Å². The summed E-state index contributed by atoms with van der Waals surface area (Å²) in [6, 6.07) is 9.48. The molecule has 2 rings (SSSR count). The highest BCUT2D eigenvalue weighted by molar-refractivity contribution is 6.04. The van der Waals surface area contributed by atoms with Gasteiger partial charge in [0.25, 0.3) is 0 Å². The first-order valence-corrected chi connectivity index (χ1v) is 7.44. The zero-order chi connectivity index (χ0) is 16.1. The van der Waals surface area contributed by atoms with Gasteiger partial charge in [0, 0.05) is 24.5 Å². The van der Waals surface area contributed by atoms with Crippen LogP contribution in [0.2, 0.25) is 0 Å². The first-order valence-electron chi connectivity index (χ1n) is 7.44. The Kier molecular flexibility index (Phi) is 5.09. The zero-order valence-corrected chi connectivity index (χ0v) is 13.2. The van der Waals surface area contributed by atoms with E-state index in [1.807, 2.05) is 44.2 Å². The number of aromatic nitrogens is 1. The van der Waals surface area contributed by atoms with Gasteiger partial charge in [-0.25, -0.2) is 0 Å². The van der Waals surface area contributed by atoms with Crippen LogP contribution in [0.3, 0.4) is 0 Å². The van der Waals surface area contributed by atoms with Crippen molar-refractivity contribution in [3.05, 3.63) is 36.5 Å². The van der Waals surface area contributed by atoms with Crippen LogP contribution >= 0.6 is 0 Å². The SMILES string of the molecule is CCC(C)NC(=O)CN(C(C)=O)c1cccc2cccnc12. The van der Waals surface area contributed by atoms with Crippen LogP contribution < -0.4 is 10.2 Å². The van der Waals surface area contributed by atoms with E-state index in [0.29, 0.717) is 5.69 Å². The molecule has 0 aliphatic heterocycles. The van der Waals surface area contributed by atoms with Gasteiger partial charge in [0.05, 0.1) is 11.2 Å². The summed E-state index contributed by atoms with van der Waals surface area (Å²) in [6.07, 6.45) is 2.53. The van der Waals surface area contributed by atoms with Crippen LogP contribution in [-0.4, -0.2) is 29.4 Å². The molecule has 0 saturated heterocycles. The van der Waals surface area contributed by atoms with Crippen LogP contribution in [0.25, 0.3) is 10.9 Å². The van der Waals surface area contributed by atoms with Gasteiger partial charge in [-0.05, 0) is 25.5 Å². The Bertz CT molecular complexity index is 679. The summed E-state index contributed by atoms with van der Waals surface area (Å²) in [5.41, 5.74) is 1.38. The standard InChI is InChI=1S/C17H21N3O2/c1-4-12(2)19-16(22)11-20(13(3)21)15-9-5-7-14-8-6-10-18-17(14)15/h5-10,12H,4,11H2,1-3H3,(H,19,22). The molecule has 116 valence electrons. The predicted molar refractivity (Wildman–Crippen MR) is 87.7 cm³/mol. The van der Waals surface area contributed by atoms with Crippen LogP contribution in [0, 0.1) is 0 Å². The fraction of sp³-hybridized carbons (Fsp3) is 0.353. The molecular formula is C17H21N3O2. The van der Waals surface area contributed by atoms with Crippen LogP contribution in [-0.2, 0) is 9.59 Å². The largest absolute Gasteiger partial charge is 0.352 e. The first-order chi connectivity index (χ1) is 10.5. The van der Waals surface area contributed by atoms with Crippen molar-refractivity contribution < 1.29 is 9.59 Å². The number of benzene rings is 1. The number of hydrogen-bond acceptors (Lipinski definition) is 3. The van der Waals surface area contributed by atoms with Crippen molar-refractivity contribution in [1.29, 1.82) is 0 Å². The molecule has 1 atom stereocenters. The molecule has 0 aliphatic carbocycles. The number of nitrogens with one attached hydrogen (secondary N) is 1. The number of rotatable bonds is 5. The minimum atomic E-state index is -0.183. The lowest BCUT2D eigenvalue weighted by atomic mass is 10.1. The smallest absolute Gasteiger partial charge is 0.240 e. The number of anilines is 1. The van der Waals surface area contributed by atoms with E-state index in [1.165, 1.54) is 11.8 Å². The van der Waals surface area contributed by atoms with Gasteiger partial charge in [-0.15, -0.1) is 0 Å². The van der Waals surface area contributed by atoms with Gasteiger partial charge in [-0.3, -0.25) is 14.6 Å². The molecule has 1 aromatic carbocycles. The number of fused-ring (bicyclic) bond motifs is 1. The third kappa shape index (κ3) is 3.61. The number of carbonyl (C=O) groups is 2. The molecule has 0 aliphatic rings. The number of nitrogens with zero attached hydrogens (tertiary/aromatic N) is 2. The molecule has 1 N–H and O–H groups in total. The topological polar surface area (TPSA) is 62.3 Å². The maximum Gasteiger partial charge on any atom is 0.240 e. The monoisotopic (exact) mass is 299 g/mol. The molecular weight excluding hydrogens is 278 g/mol. The van der Waals surface area contributed by atoms with Gasteiger partial charge < -0.3 is 10.2 Å². The fourth-order valence-corrected chi connectivity index (χ4v) is 2.24. The summed E-state index contributed by atoms with van der Waals surface area (Å²) in [7, 11) is 0. The minimum absolute atomic E-state index is 0.00460. The van der Waals surface area contributed by atoms with Crippen molar-refractivity contribution in [2.45, 2.75) is 33.2 Å². The van der Waals surface area contributed by atoms with E-state index in [0.717, 1.165) is 17.3 Å². The van der Waals surface area contributed by atoms with Crippen molar-refractivity contribution in [1.82, 2.24) is 10.3 Å². The second-order valence-corrected chi connectivity index (χ2v) is 5.33. The van der Waals surface area contributed by atoms with E-state index in [1.54, 1.807) is 6.20 Å². The second kappa shape index (κ2) is 7.02. The summed E-state index contributed by atoms with van der Waals surface area (Å²) >= 11 is 0. The normalized spacial score (nSPS) is 12.0. The van der Waals surface area contributed by atoms with Gasteiger partial charge in [0.2, 0.25) is 11.8 Å². The molecule has 0 bridgehead atoms. The Morgan fingerprint density at radius 1 is 1.27 bits per heavy atom. The Hall–Kier alpha value is -2.43. The lowest BCUT2D eigenvalue weighted by Gasteiger charge is -2.22. The molecule has 1 heterocycles. The van der Waals surface area contributed by atoms with Gasteiger partial charge in [0.15, 0.2) is 0 Å². The summed E-state index contributed by atoms with van der Waals surface area (Å²) in [5.74, 6) is -0.352. The van der Waals surface area contributed by atoms with Crippen LogP contribution in [0.1, 0.15) is 27.2 Å². The lowest BCUT2D eigenvalue weighted by Crippen LogP contribution is -2.42. The Balaban J connectivity index is 2.31. The Morgan fingerprint density at radius 3 is 2.68 bits per heavy atom. The van der Waals surface area contributed by atoms with Crippen molar-refractivity contribution >= 4 is 28.4 Å². The molecule has 1 unspecified atom stereocenters. The Morgan fingerprint density at radius 2 is 2.00 bits per heavy atom. The molecule has 0 fully saturated rings.